The average molecular weight is 342 g/mol. The fraction of sp³-hybridized carbons (Fsp3) is 0.0909. The smallest absolute Gasteiger partial charge is 0.276 e. The van der Waals surface area contributed by atoms with Crippen molar-refractivity contribution in [1.29, 1.82) is 0 Å². The van der Waals surface area contributed by atoms with Crippen LogP contribution in [0.25, 0.3) is 5.65 Å². The normalized spacial score (nSPS) is 11.8. The highest BCUT2D eigenvalue weighted by atomic mass is 32.2. The van der Waals surface area contributed by atoms with Gasteiger partial charge in [-0.3, -0.25) is 14.5 Å². The standard InChI is InChI=1S/C11H5F3N6O2S/c12-11(13,14)6-1-2-8-17-18-10(19(8)5-6)23-9-15-3-7(4-16-9)20(21)22/h1-5H. The number of halogens is 3. The Labute approximate surface area is 129 Å². The van der Waals surface area contributed by atoms with Gasteiger partial charge in [0.25, 0.3) is 0 Å². The molecular weight excluding hydrogens is 337 g/mol. The van der Waals surface area contributed by atoms with Crippen molar-refractivity contribution >= 4 is 23.1 Å². The predicted octanol–water partition coefficient (Wildman–Crippen LogP) is 2.60. The third kappa shape index (κ3) is 3.06. The summed E-state index contributed by atoms with van der Waals surface area (Å²) in [7, 11) is 0. The van der Waals surface area contributed by atoms with Crippen molar-refractivity contribution in [3.05, 3.63) is 46.4 Å². The van der Waals surface area contributed by atoms with Gasteiger partial charge < -0.3 is 0 Å². The van der Waals surface area contributed by atoms with E-state index in [-0.39, 0.29) is 21.6 Å². The van der Waals surface area contributed by atoms with Crippen LogP contribution in [0.5, 0.6) is 0 Å². The summed E-state index contributed by atoms with van der Waals surface area (Å²) < 4.78 is 39.4. The zero-order valence-electron chi connectivity index (χ0n) is 10.9. The number of fused-ring (bicyclic) bond motifs is 1. The molecule has 0 spiro atoms. The molecule has 3 rings (SSSR count). The number of rotatable bonds is 3. The highest BCUT2D eigenvalue weighted by molar-refractivity contribution is 7.99. The second-order valence-electron chi connectivity index (χ2n) is 4.21. The van der Waals surface area contributed by atoms with Crippen molar-refractivity contribution in [2.75, 3.05) is 0 Å². The van der Waals surface area contributed by atoms with Crippen LogP contribution in [0, 0.1) is 10.1 Å². The lowest BCUT2D eigenvalue weighted by Gasteiger charge is -2.06. The van der Waals surface area contributed by atoms with Gasteiger partial charge in [0, 0.05) is 6.20 Å². The van der Waals surface area contributed by atoms with Crippen molar-refractivity contribution in [2.24, 2.45) is 0 Å². The van der Waals surface area contributed by atoms with Crippen LogP contribution in [0.15, 0.2) is 41.0 Å². The van der Waals surface area contributed by atoms with Crippen molar-refractivity contribution in [2.45, 2.75) is 16.5 Å². The zero-order valence-corrected chi connectivity index (χ0v) is 11.7. The Bertz CT molecular complexity index is 880. The van der Waals surface area contributed by atoms with Gasteiger partial charge in [-0.05, 0) is 23.9 Å². The monoisotopic (exact) mass is 342 g/mol. The predicted molar refractivity (Wildman–Crippen MR) is 70.8 cm³/mol. The van der Waals surface area contributed by atoms with Gasteiger partial charge in [0.15, 0.2) is 10.8 Å². The van der Waals surface area contributed by atoms with E-state index < -0.39 is 16.7 Å². The van der Waals surface area contributed by atoms with Gasteiger partial charge in [-0.2, -0.15) is 13.2 Å². The van der Waals surface area contributed by atoms with Crippen molar-refractivity contribution in [3.63, 3.8) is 0 Å². The maximum Gasteiger partial charge on any atom is 0.417 e. The van der Waals surface area contributed by atoms with E-state index in [1.165, 1.54) is 6.07 Å². The molecule has 0 aliphatic carbocycles. The molecule has 0 amide bonds. The van der Waals surface area contributed by atoms with Gasteiger partial charge in [0.2, 0.25) is 5.16 Å². The third-order valence-corrected chi connectivity index (χ3v) is 3.56. The molecule has 0 saturated heterocycles. The molecule has 23 heavy (non-hydrogen) atoms. The second-order valence-corrected chi connectivity index (χ2v) is 5.14. The van der Waals surface area contributed by atoms with Crippen LogP contribution in [-0.4, -0.2) is 29.5 Å². The fourth-order valence-electron chi connectivity index (χ4n) is 1.65. The van der Waals surface area contributed by atoms with E-state index in [0.29, 0.717) is 0 Å². The maximum atomic E-state index is 12.8. The SMILES string of the molecule is O=[N+]([O-])c1cnc(Sc2nnc3ccc(C(F)(F)F)cn23)nc1. The third-order valence-electron chi connectivity index (χ3n) is 2.71. The number of hydrogen-bond acceptors (Lipinski definition) is 7. The van der Waals surface area contributed by atoms with E-state index in [2.05, 4.69) is 20.2 Å². The zero-order chi connectivity index (χ0) is 16.6. The summed E-state index contributed by atoms with van der Waals surface area (Å²) in [4.78, 5) is 17.4. The van der Waals surface area contributed by atoms with Crippen molar-refractivity contribution < 1.29 is 18.1 Å². The minimum Gasteiger partial charge on any atom is -0.276 e. The Kier molecular flexibility index (Phi) is 3.60. The minimum absolute atomic E-state index is 0.0994. The molecule has 118 valence electrons. The maximum absolute atomic E-state index is 12.8. The molecule has 0 N–H and O–H groups in total. The van der Waals surface area contributed by atoms with Gasteiger partial charge in [0.05, 0.1) is 10.5 Å². The molecule has 3 aromatic heterocycles. The molecule has 0 radical (unpaired) electrons. The number of aromatic nitrogens is 5. The van der Waals surface area contributed by atoms with E-state index in [9.17, 15) is 23.3 Å². The number of nitro groups is 1. The lowest BCUT2D eigenvalue weighted by molar-refractivity contribution is -0.385. The van der Waals surface area contributed by atoms with Gasteiger partial charge in [-0.25, -0.2) is 9.97 Å². The lowest BCUT2D eigenvalue weighted by atomic mass is 10.3. The summed E-state index contributed by atoms with van der Waals surface area (Å²) in [5.74, 6) is 0. The number of alkyl halides is 3. The van der Waals surface area contributed by atoms with E-state index in [1.807, 2.05) is 0 Å². The highest BCUT2D eigenvalue weighted by Gasteiger charge is 2.31. The van der Waals surface area contributed by atoms with Crippen LogP contribution in [-0.2, 0) is 6.18 Å². The minimum atomic E-state index is -4.50. The number of pyridine rings is 1. The number of hydrogen-bond donors (Lipinski definition) is 0. The molecule has 0 atom stereocenters. The Morgan fingerprint density at radius 1 is 1.17 bits per heavy atom. The highest BCUT2D eigenvalue weighted by Crippen LogP contribution is 2.31. The molecule has 0 aliphatic heterocycles. The molecule has 3 aromatic rings. The molecular formula is C11H5F3N6O2S. The van der Waals surface area contributed by atoms with E-state index in [1.54, 1.807) is 0 Å². The van der Waals surface area contributed by atoms with Crippen LogP contribution in [0.4, 0.5) is 18.9 Å². The van der Waals surface area contributed by atoms with Gasteiger partial charge >= 0.3 is 11.9 Å². The van der Waals surface area contributed by atoms with Crippen LogP contribution < -0.4 is 0 Å². The lowest BCUT2D eigenvalue weighted by Crippen LogP contribution is -2.06. The van der Waals surface area contributed by atoms with Crippen molar-refractivity contribution in [1.82, 2.24) is 24.6 Å². The molecule has 8 nitrogen and oxygen atoms in total. The molecule has 12 heteroatoms. The fourth-order valence-corrected chi connectivity index (χ4v) is 2.35. The van der Waals surface area contributed by atoms with Crippen LogP contribution in [0.2, 0.25) is 0 Å². The first-order valence-electron chi connectivity index (χ1n) is 5.91. The molecule has 0 bridgehead atoms. The summed E-state index contributed by atoms with van der Waals surface area (Å²) in [6, 6.07) is 2.09. The van der Waals surface area contributed by atoms with E-state index in [0.717, 1.165) is 40.8 Å². The average Bonchev–Trinajstić information content (AvgIpc) is 2.89. The van der Waals surface area contributed by atoms with Crippen LogP contribution >= 0.6 is 11.8 Å². The molecule has 0 unspecified atom stereocenters. The topological polar surface area (TPSA) is 99.1 Å². The summed E-state index contributed by atoms with van der Waals surface area (Å²) in [5, 5.41) is 18.2. The summed E-state index contributed by atoms with van der Waals surface area (Å²) >= 11 is 0.841. The van der Waals surface area contributed by atoms with Crippen LogP contribution in [0.3, 0.4) is 0 Å². The Balaban J connectivity index is 1.95. The van der Waals surface area contributed by atoms with E-state index >= 15 is 0 Å². The van der Waals surface area contributed by atoms with Gasteiger partial charge in [-0.1, -0.05) is 0 Å². The first-order valence-corrected chi connectivity index (χ1v) is 6.72. The molecule has 0 aromatic carbocycles. The Morgan fingerprint density at radius 2 is 1.87 bits per heavy atom. The summed E-state index contributed by atoms with van der Waals surface area (Å²) in [5.41, 5.74) is -0.918. The van der Waals surface area contributed by atoms with E-state index in [4.69, 9.17) is 0 Å². The molecule has 0 fully saturated rings. The quantitative estimate of drug-likeness (QED) is 0.410. The molecule has 0 saturated carbocycles. The molecule has 3 heterocycles. The largest absolute Gasteiger partial charge is 0.417 e. The summed E-state index contributed by atoms with van der Waals surface area (Å²) in [6.45, 7) is 0. The first-order chi connectivity index (χ1) is 10.8. The first kappa shape index (κ1) is 15.1. The second kappa shape index (κ2) is 5.46. The Morgan fingerprint density at radius 3 is 2.48 bits per heavy atom. The Hall–Kier alpha value is -2.76. The van der Waals surface area contributed by atoms with Gasteiger partial charge in [-0.15, -0.1) is 10.2 Å². The van der Waals surface area contributed by atoms with Crippen molar-refractivity contribution in [3.8, 4) is 0 Å². The number of nitrogens with zero attached hydrogens (tertiary/aromatic N) is 6. The van der Waals surface area contributed by atoms with Crippen LogP contribution in [0.1, 0.15) is 5.56 Å². The summed E-state index contributed by atoms with van der Waals surface area (Å²) in [6.07, 6.45) is -1.63. The van der Waals surface area contributed by atoms with Gasteiger partial charge in [0.1, 0.15) is 12.4 Å². The molecule has 0 aliphatic rings.